The summed E-state index contributed by atoms with van der Waals surface area (Å²) >= 11 is 0. The average molecular weight is 284 g/mol. The van der Waals surface area contributed by atoms with Gasteiger partial charge in [-0.2, -0.15) is 9.98 Å². The molecule has 0 aromatic heterocycles. The minimum atomic E-state index is -4.07. The third kappa shape index (κ3) is 3.51. The first-order chi connectivity index (χ1) is 8.81. The van der Waals surface area contributed by atoms with Crippen LogP contribution in [0.15, 0.2) is 23.1 Å². The lowest BCUT2D eigenvalue weighted by atomic mass is 10.2. The molecule has 19 heavy (non-hydrogen) atoms. The second-order valence-electron chi connectivity index (χ2n) is 3.79. The highest BCUT2D eigenvalue weighted by Crippen LogP contribution is 2.16. The van der Waals surface area contributed by atoms with Crippen molar-refractivity contribution in [3.05, 3.63) is 29.3 Å². The van der Waals surface area contributed by atoms with Crippen molar-refractivity contribution in [1.82, 2.24) is 4.72 Å². The van der Waals surface area contributed by atoms with Crippen LogP contribution in [0, 0.1) is 18.3 Å². The minimum absolute atomic E-state index is 0.133. The Labute approximate surface area is 110 Å². The maximum Gasteiger partial charge on any atom is 0.324 e. The molecule has 1 rings (SSSR count). The van der Waals surface area contributed by atoms with Crippen LogP contribution in [0.2, 0.25) is 0 Å². The van der Waals surface area contributed by atoms with E-state index in [4.69, 9.17) is 15.5 Å². The number of carbonyl (C=O) groups is 1. The molecule has 8 heteroatoms. The number of hydrogen-bond donors (Lipinski definition) is 3. The number of nitrogens with one attached hydrogen (secondary N) is 1. The van der Waals surface area contributed by atoms with Gasteiger partial charge in [-0.15, -0.1) is 0 Å². The molecule has 1 aromatic carbocycles. The molecule has 3 N–H and O–H groups in total. The van der Waals surface area contributed by atoms with Gasteiger partial charge >= 0.3 is 5.97 Å². The van der Waals surface area contributed by atoms with Gasteiger partial charge in [0.2, 0.25) is 10.0 Å². The molecule has 0 unspecified atom stereocenters. The molecular formula is C11H12N2O5S. The zero-order chi connectivity index (χ0) is 14.6. The Morgan fingerprint density at radius 3 is 2.58 bits per heavy atom. The predicted octanol–water partition coefficient (Wildman–Crippen LogP) is -0.410. The highest BCUT2D eigenvalue weighted by molar-refractivity contribution is 7.89. The molecule has 0 heterocycles. The molecule has 0 fully saturated rings. The highest BCUT2D eigenvalue weighted by Gasteiger charge is 2.25. The molecule has 0 amide bonds. The lowest BCUT2D eigenvalue weighted by Gasteiger charge is -2.13. The van der Waals surface area contributed by atoms with Crippen LogP contribution in [0.1, 0.15) is 11.1 Å². The Morgan fingerprint density at radius 1 is 1.53 bits per heavy atom. The average Bonchev–Trinajstić information content (AvgIpc) is 2.35. The lowest BCUT2D eigenvalue weighted by Crippen LogP contribution is -2.43. The first kappa shape index (κ1) is 15.1. The number of aliphatic hydroxyl groups excluding tert-OH is 1. The van der Waals surface area contributed by atoms with Gasteiger partial charge in [-0.05, 0) is 30.7 Å². The fourth-order valence-corrected chi connectivity index (χ4v) is 2.84. The van der Waals surface area contributed by atoms with Gasteiger partial charge in [-0.1, -0.05) is 0 Å². The number of carboxylic acids is 1. The first-order valence-corrected chi connectivity index (χ1v) is 6.67. The predicted molar refractivity (Wildman–Crippen MR) is 64.7 cm³/mol. The number of rotatable bonds is 5. The summed E-state index contributed by atoms with van der Waals surface area (Å²) in [5.74, 6) is -1.47. The molecule has 0 aliphatic heterocycles. The van der Waals surface area contributed by atoms with E-state index in [1.807, 2.05) is 10.8 Å². The fourth-order valence-electron chi connectivity index (χ4n) is 1.44. The summed E-state index contributed by atoms with van der Waals surface area (Å²) in [6, 6.07) is 4.17. The van der Waals surface area contributed by atoms with Crippen LogP contribution in [-0.2, 0) is 14.8 Å². The molecule has 0 bridgehead atoms. The summed E-state index contributed by atoms with van der Waals surface area (Å²) in [7, 11) is -4.07. The number of carboxylic acid groups (broad SMARTS) is 1. The van der Waals surface area contributed by atoms with Gasteiger partial charge in [0.15, 0.2) is 0 Å². The Hall–Kier alpha value is -1.95. The lowest BCUT2D eigenvalue weighted by molar-refractivity contribution is -0.139. The van der Waals surface area contributed by atoms with Gasteiger partial charge in [0, 0.05) is 0 Å². The second kappa shape index (κ2) is 5.79. The third-order valence-corrected chi connectivity index (χ3v) is 4.00. The number of nitrogens with zero attached hydrogens (tertiary/aromatic N) is 1. The Morgan fingerprint density at radius 2 is 2.16 bits per heavy atom. The highest BCUT2D eigenvalue weighted by atomic mass is 32.2. The smallest absolute Gasteiger partial charge is 0.324 e. The fraction of sp³-hybridized carbons (Fsp3) is 0.273. The molecular weight excluding hydrogens is 272 g/mol. The first-order valence-electron chi connectivity index (χ1n) is 5.18. The van der Waals surface area contributed by atoms with Crippen molar-refractivity contribution in [3.63, 3.8) is 0 Å². The molecule has 1 atom stereocenters. The van der Waals surface area contributed by atoms with Crippen molar-refractivity contribution >= 4 is 16.0 Å². The number of hydrogen-bond acceptors (Lipinski definition) is 5. The molecule has 0 saturated carbocycles. The van der Waals surface area contributed by atoms with Crippen LogP contribution >= 0.6 is 0 Å². The van der Waals surface area contributed by atoms with Gasteiger partial charge < -0.3 is 10.2 Å². The van der Waals surface area contributed by atoms with E-state index in [9.17, 15) is 13.2 Å². The van der Waals surface area contributed by atoms with E-state index in [1.54, 1.807) is 0 Å². The number of sulfonamides is 1. The van der Waals surface area contributed by atoms with E-state index in [2.05, 4.69) is 0 Å². The van der Waals surface area contributed by atoms with Crippen LogP contribution in [0.25, 0.3) is 0 Å². The SMILES string of the molecule is Cc1cc(C#N)ccc1S(=O)(=O)N[C@@H](CO)C(=O)O. The van der Waals surface area contributed by atoms with E-state index in [1.165, 1.54) is 25.1 Å². The van der Waals surface area contributed by atoms with Crippen molar-refractivity contribution in [2.45, 2.75) is 17.9 Å². The number of aryl methyl sites for hydroxylation is 1. The number of aliphatic hydroxyl groups is 1. The standard InChI is InChI=1S/C11H12N2O5S/c1-7-4-8(5-12)2-3-10(7)19(17,18)13-9(6-14)11(15)16/h2-4,9,13-14H,6H2,1H3,(H,15,16)/t9-/m0/s1. The minimum Gasteiger partial charge on any atom is -0.480 e. The van der Waals surface area contributed by atoms with Crippen molar-refractivity contribution in [2.75, 3.05) is 6.61 Å². The Balaban J connectivity index is 3.14. The summed E-state index contributed by atoms with van der Waals surface area (Å²) < 4.78 is 25.8. The molecule has 0 radical (unpaired) electrons. The van der Waals surface area contributed by atoms with Crippen LogP contribution in [0.5, 0.6) is 0 Å². The number of aliphatic carboxylic acids is 1. The number of nitriles is 1. The van der Waals surface area contributed by atoms with E-state index in [-0.39, 0.29) is 4.90 Å². The Bertz CT molecular complexity index is 633. The van der Waals surface area contributed by atoms with Gasteiger partial charge in [-0.25, -0.2) is 8.42 Å². The molecule has 1 aromatic rings. The molecule has 102 valence electrons. The summed E-state index contributed by atoms with van der Waals surface area (Å²) in [4.78, 5) is 10.6. The van der Waals surface area contributed by atoms with Crippen molar-refractivity contribution in [2.24, 2.45) is 0 Å². The van der Waals surface area contributed by atoms with E-state index >= 15 is 0 Å². The van der Waals surface area contributed by atoms with Gasteiger partial charge in [0.25, 0.3) is 0 Å². The van der Waals surface area contributed by atoms with Gasteiger partial charge in [-0.3, -0.25) is 4.79 Å². The van der Waals surface area contributed by atoms with Crippen molar-refractivity contribution in [1.29, 1.82) is 5.26 Å². The molecule has 0 aliphatic rings. The van der Waals surface area contributed by atoms with Gasteiger partial charge in [0.05, 0.1) is 23.1 Å². The quantitative estimate of drug-likeness (QED) is 0.674. The summed E-state index contributed by atoms with van der Waals surface area (Å²) in [6.07, 6.45) is 0. The maximum atomic E-state index is 12.0. The number of benzene rings is 1. The topological polar surface area (TPSA) is 127 Å². The van der Waals surface area contributed by atoms with E-state index in [0.29, 0.717) is 11.1 Å². The zero-order valence-corrected chi connectivity index (χ0v) is 10.8. The third-order valence-electron chi connectivity index (χ3n) is 2.37. The Kier molecular flexibility index (Phi) is 4.61. The largest absolute Gasteiger partial charge is 0.480 e. The normalized spacial score (nSPS) is 12.7. The summed E-state index contributed by atoms with van der Waals surface area (Å²) in [5.41, 5.74) is 0.613. The maximum absolute atomic E-state index is 12.0. The molecule has 0 aliphatic carbocycles. The van der Waals surface area contributed by atoms with Crippen LogP contribution < -0.4 is 4.72 Å². The molecule has 0 spiro atoms. The van der Waals surface area contributed by atoms with Crippen molar-refractivity contribution in [3.8, 4) is 6.07 Å². The van der Waals surface area contributed by atoms with Crippen LogP contribution in [-0.4, -0.2) is 37.2 Å². The summed E-state index contributed by atoms with van der Waals surface area (Å²) in [5, 5.41) is 26.2. The van der Waals surface area contributed by atoms with Crippen molar-refractivity contribution < 1.29 is 23.4 Å². The monoisotopic (exact) mass is 284 g/mol. The zero-order valence-electron chi connectivity index (χ0n) is 9.99. The van der Waals surface area contributed by atoms with Crippen LogP contribution in [0.4, 0.5) is 0 Å². The van der Waals surface area contributed by atoms with Gasteiger partial charge in [0.1, 0.15) is 6.04 Å². The van der Waals surface area contributed by atoms with E-state index < -0.39 is 28.6 Å². The van der Waals surface area contributed by atoms with Crippen LogP contribution in [0.3, 0.4) is 0 Å². The second-order valence-corrected chi connectivity index (χ2v) is 5.47. The molecule has 0 saturated heterocycles. The van der Waals surface area contributed by atoms with E-state index in [0.717, 1.165) is 0 Å². The molecule has 7 nitrogen and oxygen atoms in total. The summed E-state index contributed by atoms with van der Waals surface area (Å²) in [6.45, 7) is 0.633.